The molecule has 4 nitrogen and oxygen atoms in total. The van der Waals surface area contributed by atoms with Crippen LogP contribution in [-0.2, 0) is 14.4 Å². The van der Waals surface area contributed by atoms with Gasteiger partial charge in [0.05, 0.1) is 5.92 Å². The molecule has 0 saturated heterocycles. The first-order valence-corrected chi connectivity index (χ1v) is 6.50. The van der Waals surface area contributed by atoms with Gasteiger partial charge >= 0.3 is 0 Å². The normalized spacial score (nSPS) is 20.7. The van der Waals surface area contributed by atoms with Crippen LogP contribution in [0.15, 0.2) is 23.0 Å². The van der Waals surface area contributed by atoms with Gasteiger partial charge in [-0.25, -0.2) is 0 Å². The average Bonchev–Trinajstić information content (AvgIpc) is 2.56. The van der Waals surface area contributed by atoms with Crippen LogP contribution in [0.3, 0.4) is 0 Å². The highest BCUT2D eigenvalue weighted by Gasteiger charge is 2.44. The summed E-state index contributed by atoms with van der Waals surface area (Å²) >= 11 is 0. The number of aliphatic hydroxyl groups excluding tert-OH is 1. The quantitative estimate of drug-likeness (QED) is 0.470. The van der Waals surface area contributed by atoms with Gasteiger partial charge in [0.25, 0.3) is 0 Å². The van der Waals surface area contributed by atoms with E-state index in [2.05, 4.69) is 0 Å². The Balaban J connectivity index is 3.02. The molecule has 0 aromatic heterocycles. The molecule has 0 aliphatic heterocycles. The smallest absolute Gasteiger partial charge is 0.209 e. The minimum atomic E-state index is -0.932. The molecule has 1 aliphatic rings. The van der Waals surface area contributed by atoms with Gasteiger partial charge in [0.15, 0.2) is 17.3 Å². The third-order valence-electron chi connectivity index (χ3n) is 3.42. The van der Waals surface area contributed by atoms with Crippen molar-refractivity contribution in [2.75, 3.05) is 0 Å². The lowest BCUT2D eigenvalue weighted by molar-refractivity contribution is -0.128. The summed E-state index contributed by atoms with van der Waals surface area (Å²) in [6, 6.07) is 0. The minimum absolute atomic E-state index is 0.237. The number of rotatable bonds is 5. The van der Waals surface area contributed by atoms with Crippen molar-refractivity contribution in [1.29, 1.82) is 0 Å². The zero-order valence-electron chi connectivity index (χ0n) is 11.8. The number of aliphatic hydroxyl groups is 1. The van der Waals surface area contributed by atoms with Crippen molar-refractivity contribution in [3.05, 3.63) is 23.0 Å². The molecule has 0 spiro atoms. The molecule has 1 rings (SSSR count). The molecule has 2 atom stereocenters. The first-order chi connectivity index (χ1) is 8.81. The van der Waals surface area contributed by atoms with E-state index < -0.39 is 29.0 Å². The van der Waals surface area contributed by atoms with Crippen LogP contribution in [0.4, 0.5) is 0 Å². The first-order valence-electron chi connectivity index (χ1n) is 6.50. The van der Waals surface area contributed by atoms with Crippen molar-refractivity contribution in [1.82, 2.24) is 0 Å². The summed E-state index contributed by atoms with van der Waals surface area (Å²) in [6.07, 6.45) is 2.57. The van der Waals surface area contributed by atoms with E-state index in [1.54, 1.807) is 13.0 Å². The second-order valence-corrected chi connectivity index (χ2v) is 5.20. The molecule has 0 fully saturated rings. The summed E-state index contributed by atoms with van der Waals surface area (Å²) in [5, 5.41) is 9.75. The summed E-state index contributed by atoms with van der Waals surface area (Å²) < 4.78 is 0. The molecule has 1 unspecified atom stereocenters. The summed E-state index contributed by atoms with van der Waals surface area (Å²) in [4.78, 5) is 36.0. The zero-order chi connectivity index (χ0) is 14.7. The molecule has 0 saturated carbocycles. The van der Waals surface area contributed by atoms with Crippen LogP contribution in [0.1, 0.15) is 40.5 Å². The van der Waals surface area contributed by atoms with Gasteiger partial charge in [-0.2, -0.15) is 0 Å². The Morgan fingerprint density at radius 2 is 1.89 bits per heavy atom. The summed E-state index contributed by atoms with van der Waals surface area (Å²) in [5.41, 5.74) is 0.688. The van der Waals surface area contributed by atoms with Crippen LogP contribution < -0.4 is 0 Å². The molecule has 1 aliphatic carbocycles. The summed E-state index contributed by atoms with van der Waals surface area (Å²) in [5.74, 6) is -3.55. The Bertz CT molecular complexity index is 478. The van der Waals surface area contributed by atoms with Crippen LogP contribution in [0.2, 0.25) is 0 Å². The van der Waals surface area contributed by atoms with Gasteiger partial charge in [-0.1, -0.05) is 25.5 Å². The molecule has 0 radical (unpaired) electrons. The molecular formula is C15H20O4. The van der Waals surface area contributed by atoms with Crippen molar-refractivity contribution in [2.45, 2.75) is 40.5 Å². The third kappa shape index (κ3) is 3.00. The lowest BCUT2D eigenvalue weighted by Crippen LogP contribution is -2.22. The SMILES string of the molecule is CCC(C)C(=O)C1=C(O)C(=O)[C@H](CC=C(C)C)C1=O. The van der Waals surface area contributed by atoms with Gasteiger partial charge in [0.1, 0.15) is 5.57 Å². The van der Waals surface area contributed by atoms with Gasteiger partial charge in [-0.05, 0) is 26.7 Å². The van der Waals surface area contributed by atoms with Gasteiger partial charge in [-0.15, -0.1) is 0 Å². The average molecular weight is 264 g/mol. The number of hydrogen-bond acceptors (Lipinski definition) is 4. The minimum Gasteiger partial charge on any atom is -0.504 e. The van der Waals surface area contributed by atoms with Crippen LogP contribution in [0.5, 0.6) is 0 Å². The zero-order valence-corrected chi connectivity index (χ0v) is 11.8. The fourth-order valence-electron chi connectivity index (χ4n) is 1.94. The molecule has 19 heavy (non-hydrogen) atoms. The van der Waals surface area contributed by atoms with Crippen LogP contribution in [0, 0.1) is 11.8 Å². The predicted octanol–water partition coefficient (Wildman–Crippen LogP) is 2.54. The Morgan fingerprint density at radius 3 is 2.37 bits per heavy atom. The second-order valence-electron chi connectivity index (χ2n) is 5.20. The highest BCUT2D eigenvalue weighted by atomic mass is 16.3. The number of ketones is 3. The highest BCUT2D eigenvalue weighted by molar-refractivity contribution is 6.35. The van der Waals surface area contributed by atoms with E-state index in [1.807, 2.05) is 20.8 Å². The van der Waals surface area contributed by atoms with E-state index in [9.17, 15) is 19.5 Å². The molecule has 0 aromatic rings. The van der Waals surface area contributed by atoms with Crippen molar-refractivity contribution in [3.8, 4) is 0 Å². The molecular weight excluding hydrogens is 244 g/mol. The lowest BCUT2D eigenvalue weighted by atomic mass is 9.92. The number of carbonyl (C=O) groups is 3. The molecule has 104 valence electrons. The predicted molar refractivity (Wildman–Crippen MR) is 71.7 cm³/mol. The van der Waals surface area contributed by atoms with Gasteiger partial charge in [0, 0.05) is 5.92 Å². The molecule has 0 amide bonds. The van der Waals surface area contributed by atoms with Gasteiger partial charge < -0.3 is 5.11 Å². The van der Waals surface area contributed by atoms with Crippen molar-refractivity contribution in [3.63, 3.8) is 0 Å². The molecule has 0 heterocycles. The van der Waals surface area contributed by atoms with E-state index in [4.69, 9.17) is 0 Å². The maximum atomic E-state index is 12.1. The first kappa shape index (κ1) is 15.3. The van der Waals surface area contributed by atoms with E-state index in [1.165, 1.54) is 0 Å². The molecule has 1 N–H and O–H groups in total. The molecule has 4 heteroatoms. The summed E-state index contributed by atoms with van der Waals surface area (Å²) in [7, 11) is 0. The Kier molecular flexibility index (Phi) is 4.81. The van der Waals surface area contributed by atoms with Gasteiger partial charge in [0.2, 0.25) is 5.78 Å². The van der Waals surface area contributed by atoms with Crippen LogP contribution in [0.25, 0.3) is 0 Å². The van der Waals surface area contributed by atoms with E-state index >= 15 is 0 Å². The van der Waals surface area contributed by atoms with E-state index in [0.717, 1.165) is 5.57 Å². The highest BCUT2D eigenvalue weighted by Crippen LogP contribution is 2.29. The Hall–Kier alpha value is -1.71. The van der Waals surface area contributed by atoms with Crippen molar-refractivity contribution in [2.24, 2.45) is 11.8 Å². The Labute approximate surface area is 113 Å². The second kappa shape index (κ2) is 5.95. The fraction of sp³-hybridized carbons (Fsp3) is 0.533. The largest absolute Gasteiger partial charge is 0.504 e. The van der Waals surface area contributed by atoms with Crippen molar-refractivity contribution < 1.29 is 19.5 Å². The van der Waals surface area contributed by atoms with Crippen LogP contribution in [-0.4, -0.2) is 22.5 Å². The maximum absolute atomic E-state index is 12.1. The van der Waals surface area contributed by atoms with Crippen LogP contribution >= 0.6 is 0 Å². The van der Waals surface area contributed by atoms with Crippen molar-refractivity contribution >= 4 is 17.3 Å². The van der Waals surface area contributed by atoms with E-state index in [-0.39, 0.29) is 17.9 Å². The monoisotopic (exact) mass is 264 g/mol. The number of Topliss-reactive ketones (excluding diaryl/α,β-unsaturated/α-hetero) is 3. The topological polar surface area (TPSA) is 71.4 Å². The molecule has 0 aromatic carbocycles. The Morgan fingerprint density at radius 1 is 1.32 bits per heavy atom. The number of hydrogen-bond donors (Lipinski definition) is 1. The standard InChI is InChI=1S/C15H20O4/c1-5-9(4)12(16)11-13(17)10(7-6-8(2)3)14(18)15(11)19/h6,9-10,19H,5,7H2,1-4H3/t9?,10-/m1/s1. The number of carbonyl (C=O) groups excluding carboxylic acids is 3. The third-order valence-corrected chi connectivity index (χ3v) is 3.42. The lowest BCUT2D eigenvalue weighted by Gasteiger charge is -2.08. The van der Waals surface area contributed by atoms with Gasteiger partial charge in [-0.3, -0.25) is 14.4 Å². The fourth-order valence-corrected chi connectivity index (χ4v) is 1.94. The number of allylic oxidation sites excluding steroid dienone is 4. The maximum Gasteiger partial charge on any atom is 0.209 e. The molecule has 0 bridgehead atoms. The summed E-state index contributed by atoms with van der Waals surface area (Å²) in [6.45, 7) is 7.23. The van der Waals surface area contributed by atoms with E-state index in [0.29, 0.717) is 6.42 Å².